The number of rotatable bonds is 9. The minimum absolute atomic E-state index is 0.0984. The number of ether oxygens (including phenoxy) is 2. The van der Waals surface area contributed by atoms with Crippen LogP contribution < -0.4 is 9.47 Å². The largest absolute Gasteiger partial charge is 0.496 e. The lowest BCUT2D eigenvalue weighted by atomic mass is 10.1. The van der Waals surface area contributed by atoms with Crippen LogP contribution in [0.25, 0.3) is 11.8 Å². The summed E-state index contributed by atoms with van der Waals surface area (Å²) >= 11 is 0. The first-order valence-corrected chi connectivity index (χ1v) is 10.5. The first kappa shape index (κ1) is 23.4. The van der Waals surface area contributed by atoms with E-state index in [1.807, 2.05) is 22.9 Å². The molecule has 0 aliphatic carbocycles. The van der Waals surface area contributed by atoms with Crippen molar-refractivity contribution >= 4 is 17.5 Å². The molecule has 176 valence electrons. The number of hydrogen-bond donors (Lipinski definition) is 0. The van der Waals surface area contributed by atoms with Gasteiger partial charge >= 0.3 is 5.69 Å². The van der Waals surface area contributed by atoms with Crippen LogP contribution in [0.15, 0.2) is 85.5 Å². The van der Waals surface area contributed by atoms with Gasteiger partial charge in [-0.15, -0.1) is 0 Å². The highest BCUT2D eigenvalue weighted by Crippen LogP contribution is 2.30. The Morgan fingerprint density at radius 2 is 1.91 bits per heavy atom. The van der Waals surface area contributed by atoms with Crippen molar-refractivity contribution in [2.45, 2.75) is 6.61 Å². The van der Waals surface area contributed by atoms with Crippen molar-refractivity contribution in [3.63, 3.8) is 0 Å². The van der Waals surface area contributed by atoms with Gasteiger partial charge in [0.1, 0.15) is 18.2 Å². The zero-order chi connectivity index (χ0) is 24.8. The van der Waals surface area contributed by atoms with Gasteiger partial charge in [0, 0.05) is 41.3 Å². The van der Waals surface area contributed by atoms with E-state index in [0.29, 0.717) is 22.4 Å². The van der Waals surface area contributed by atoms with Gasteiger partial charge in [-0.25, -0.2) is 9.37 Å². The summed E-state index contributed by atoms with van der Waals surface area (Å²) in [4.78, 5) is 27.2. The van der Waals surface area contributed by atoms with E-state index < -0.39 is 10.7 Å². The average molecular weight is 473 g/mol. The molecule has 4 aromatic rings. The molecule has 0 aliphatic heterocycles. The Bertz CT molecular complexity index is 1380. The maximum Gasteiger partial charge on any atom is 0.311 e. The highest BCUT2D eigenvalue weighted by molar-refractivity contribution is 6.06. The van der Waals surface area contributed by atoms with Crippen molar-refractivity contribution < 1.29 is 23.6 Å². The maximum absolute atomic E-state index is 13.6. The highest BCUT2D eigenvalue weighted by Gasteiger charge is 2.17. The topological polar surface area (TPSA) is 96.5 Å². The molecule has 0 saturated heterocycles. The number of nitrogens with zero attached hydrogens (tertiary/aromatic N) is 3. The molecule has 0 saturated carbocycles. The Kier molecular flexibility index (Phi) is 6.96. The van der Waals surface area contributed by atoms with Crippen LogP contribution in [0.3, 0.4) is 0 Å². The quantitative estimate of drug-likeness (QED) is 0.140. The Morgan fingerprint density at radius 3 is 2.60 bits per heavy atom. The van der Waals surface area contributed by atoms with Gasteiger partial charge in [-0.1, -0.05) is 12.1 Å². The molecule has 8 nitrogen and oxygen atoms in total. The number of ketones is 1. The third-order valence-electron chi connectivity index (χ3n) is 5.19. The molecule has 3 aromatic carbocycles. The third-order valence-corrected chi connectivity index (χ3v) is 5.19. The summed E-state index contributed by atoms with van der Waals surface area (Å²) in [5.41, 5.74) is 2.35. The van der Waals surface area contributed by atoms with E-state index in [1.54, 1.807) is 48.9 Å². The molecule has 4 rings (SSSR count). The van der Waals surface area contributed by atoms with Crippen molar-refractivity contribution in [2.24, 2.45) is 0 Å². The van der Waals surface area contributed by atoms with E-state index in [-0.39, 0.29) is 23.8 Å². The van der Waals surface area contributed by atoms with Crippen molar-refractivity contribution in [1.82, 2.24) is 9.55 Å². The van der Waals surface area contributed by atoms with E-state index in [9.17, 15) is 19.3 Å². The van der Waals surface area contributed by atoms with Crippen LogP contribution in [0.4, 0.5) is 10.1 Å². The molecule has 0 unspecified atom stereocenters. The number of aromatic nitrogens is 2. The number of imidazole rings is 1. The summed E-state index contributed by atoms with van der Waals surface area (Å²) in [5.74, 6) is -0.521. The fourth-order valence-corrected chi connectivity index (χ4v) is 3.40. The Morgan fingerprint density at radius 1 is 1.11 bits per heavy atom. The highest BCUT2D eigenvalue weighted by atomic mass is 19.1. The molecule has 0 spiro atoms. The average Bonchev–Trinajstić information content (AvgIpc) is 3.41. The van der Waals surface area contributed by atoms with Crippen LogP contribution in [0.2, 0.25) is 0 Å². The number of carbonyl (C=O) groups excluding carboxylic acids is 1. The summed E-state index contributed by atoms with van der Waals surface area (Å²) in [6.07, 6.45) is 8.27. The van der Waals surface area contributed by atoms with Crippen molar-refractivity contribution in [3.05, 3.63) is 118 Å². The number of nitro benzene ring substituents is 1. The van der Waals surface area contributed by atoms with Gasteiger partial charge in [-0.3, -0.25) is 14.9 Å². The Balaban J connectivity index is 1.49. The summed E-state index contributed by atoms with van der Waals surface area (Å²) in [6, 6.07) is 15.3. The molecule has 0 bridgehead atoms. The number of methoxy groups -OCH3 is 1. The smallest absolute Gasteiger partial charge is 0.311 e. The lowest BCUT2D eigenvalue weighted by Crippen LogP contribution is -2.02. The molecule has 0 fully saturated rings. The van der Waals surface area contributed by atoms with Crippen LogP contribution in [0, 0.1) is 15.9 Å². The van der Waals surface area contributed by atoms with Crippen molar-refractivity contribution in [3.8, 4) is 17.2 Å². The van der Waals surface area contributed by atoms with Gasteiger partial charge in [-0.05, 0) is 54.1 Å². The van der Waals surface area contributed by atoms with Gasteiger partial charge in [0.15, 0.2) is 11.5 Å². The molecule has 0 aliphatic rings. The summed E-state index contributed by atoms with van der Waals surface area (Å²) in [5, 5.41) is 11.2. The third kappa shape index (κ3) is 5.59. The molecule has 1 heterocycles. The zero-order valence-electron chi connectivity index (χ0n) is 18.6. The van der Waals surface area contributed by atoms with Crippen LogP contribution in [0.5, 0.6) is 11.5 Å². The molecule has 35 heavy (non-hydrogen) atoms. The molecule has 0 amide bonds. The maximum atomic E-state index is 13.6. The molecule has 0 atom stereocenters. The van der Waals surface area contributed by atoms with E-state index >= 15 is 0 Å². The van der Waals surface area contributed by atoms with Crippen molar-refractivity contribution in [2.75, 3.05) is 7.11 Å². The van der Waals surface area contributed by atoms with E-state index in [1.165, 1.54) is 13.2 Å². The summed E-state index contributed by atoms with van der Waals surface area (Å²) in [7, 11) is 1.48. The molecule has 1 aromatic heterocycles. The van der Waals surface area contributed by atoms with Crippen LogP contribution >= 0.6 is 0 Å². The molecule has 9 heteroatoms. The number of hydrogen-bond acceptors (Lipinski definition) is 6. The monoisotopic (exact) mass is 473 g/mol. The fraction of sp³-hybridized carbons (Fsp3) is 0.0769. The first-order chi connectivity index (χ1) is 16.9. The van der Waals surface area contributed by atoms with Crippen LogP contribution in [0.1, 0.15) is 21.5 Å². The number of halogens is 1. The second-order valence-corrected chi connectivity index (χ2v) is 7.44. The normalized spacial score (nSPS) is 10.9. The number of benzene rings is 3. The van der Waals surface area contributed by atoms with Crippen LogP contribution in [-0.4, -0.2) is 27.4 Å². The predicted octanol–water partition coefficient (Wildman–Crippen LogP) is 5.40. The second-order valence-electron chi connectivity index (χ2n) is 7.44. The minimum atomic E-state index is -0.647. The number of nitro groups is 1. The standard InChI is InChI=1S/C26H20FN3O5/c1-34-25-11-3-18(14-20(25)16-35-26-15-21(27)6-9-23(26)30(32)33)2-10-24(31)19-4-7-22(8-5-19)29-13-12-28-17-29/h2-15,17H,16H2,1H3/b10-2+. The molecular formula is C26H20FN3O5. The number of allylic oxidation sites excluding steroid dienone is 1. The van der Waals surface area contributed by atoms with Gasteiger partial charge in [0.05, 0.1) is 18.4 Å². The fourth-order valence-electron chi connectivity index (χ4n) is 3.40. The summed E-state index contributed by atoms with van der Waals surface area (Å²) < 4.78 is 26.3. The minimum Gasteiger partial charge on any atom is -0.496 e. The molecule has 0 radical (unpaired) electrons. The summed E-state index contributed by atoms with van der Waals surface area (Å²) in [6.45, 7) is -0.0984. The number of carbonyl (C=O) groups is 1. The predicted molar refractivity (Wildman–Crippen MR) is 127 cm³/mol. The van der Waals surface area contributed by atoms with E-state index in [4.69, 9.17) is 9.47 Å². The SMILES string of the molecule is COc1ccc(/C=C/C(=O)c2ccc(-n3ccnc3)cc2)cc1COc1cc(F)ccc1[N+](=O)[O-]. The molecular weight excluding hydrogens is 453 g/mol. The lowest BCUT2D eigenvalue weighted by Gasteiger charge is -2.11. The lowest BCUT2D eigenvalue weighted by molar-refractivity contribution is -0.386. The second kappa shape index (κ2) is 10.4. The van der Waals surface area contributed by atoms with Gasteiger partial charge in [-0.2, -0.15) is 0 Å². The van der Waals surface area contributed by atoms with Gasteiger partial charge in [0.25, 0.3) is 0 Å². The van der Waals surface area contributed by atoms with E-state index in [2.05, 4.69) is 4.98 Å². The molecule has 0 N–H and O–H groups in total. The van der Waals surface area contributed by atoms with Crippen molar-refractivity contribution in [1.29, 1.82) is 0 Å². The van der Waals surface area contributed by atoms with Crippen LogP contribution in [-0.2, 0) is 6.61 Å². The Labute approximate surface area is 200 Å². The first-order valence-electron chi connectivity index (χ1n) is 10.5. The Hall–Kier alpha value is -4.79. The van der Waals surface area contributed by atoms with Gasteiger partial charge in [0.2, 0.25) is 0 Å². The van der Waals surface area contributed by atoms with Gasteiger partial charge < -0.3 is 14.0 Å². The zero-order valence-corrected chi connectivity index (χ0v) is 18.6. The van der Waals surface area contributed by atoms with E-state index in [0.717, 1.165) is 23.9 Å².